The Hall–Kier alpha value is -3.02. The summed E-state index contributed by atoms with van der Waals surface area (Å²) in [5.74, 6) is 1.38. The Morgan fingerprint density at radius 3 is 2.47 bits per heavy atom. The molecule has 1 fully saturated rings. The molecule has 2 N–H and O–H groups in total. The smallest absolute Gasteiger partial charge is 0.127 e. The van der Waals surface area contributed by atoms with Gasteiger partial charge in [0.15, 0.2) is 0 Å². The van der Waals surface area contributed by atoms with E-state index in [1.807, 2.05) is 36.4 Å². The van der Waals surface area contributed by atoms with Crippen LogP contribution in [0, 0.1) is 0 Å². The highest BCUT2D eigenvalue weighted by atomic mass is 32.1. The third-order valence-electron chi connectivity index (χ3n) is 6.84. The lowest BCUT2D eigenvalue weighted by Crippen LogP contribution is -2.38. The summed E-state index contributed by atoms with van der Waals surface area (Å²) in [5, 5.41) is 23.0. The van der Waals surface area contributed by atoms with E-state index in [1.165, 1.54) is 32.4 Å². The van der Waals surface area contributed by atoms with Gasteiger partial charge in [0.1, 0.15) is 17.2 Å². The van der Waals surface area contributed by atoms with E-state index in [4.69, 9.17) is 4.74 Å². The monoisotopic (exact) mass is 473 g/mol. The second-order valence-corrected chi connectivity index (χ2v) is 10.0. The zero-order valence-electron chi connectivity index (χ0n) is 19.5. The number of ether oxygens (including phenoxy) is 1. The zero-order chi connectivity index (χ0) is 23.5. The van der Waals surface area contributed by atoms with Crippen molar-refractivity contribution in [1.82, 2.24) is 4.90 Å². The second-order valence-electron chi connectivity index (χ2n) is 9.14. The Kier molecular flexibility index (Phi) is 6.75. The number of thiophene rings is 1. The SMILES string of the molecule is CC(CCOc1cccc(-c2csc3cc(O)ccc23)c1-c1ccc(O)cc1)N1CCCCC1. The van der Waals surface area contributed by atoms with Crippen molar-refractivity contribution in [2.24, 2.45) is 0 Å². The molecule has 1 aliphatic rings. The van der Waals surface area contributed by atoms with E-state index in [0.717, 1.165) is 44.5 Å². The van der Waals surface area contributed by atoms with E-state index in [-0.39, 0.29) is 11.5 Å². The number of likely N-dealkylation sites (tertiary alicyclic amines) is 1. The lowest BCUT2D eigenvalue weighted by molar-refractivity contribution is 0.149. The van der Waals surface area contributed by atoms with Crippen molar-refractivity contribution < 1.29 is 14.9 Å². The van der Waals surface area contributed by atoms with Crippen LogP contribution in [0.5, 0.6) is 17.2 Å². The minimum Gasteiger partial charge on any atom is -0.508 e. The number of phenolic OH excluding ortho intramolecular Hbond substituents is 2. The Morgan fingerprint density at radius 2 is 1.68 bits per heavy atom. The molecule has 176 valence electrons. The Labute approximate surface area is 205 Å². The average Bonchev–Trinajstić information content (AvgIpc) is 3.28. The van der Waals surface area contributed by atoms with Gasteiger partial charge in [0.05, 0.1) is 6.61 Å². The fraction of sp³-hybridized carbons (Fsp3) is 0.310. The van der Waals surface area contributed by atoms with Crippen LogP contribution in [0.25, 0.3) is 32.3 Å². The molecular formula is C29H31NO3S. The predicted octanol–water partition coefficient (Wildman–Crippen LogP) is 7.29. The fourth-order valence-electron chi connectivity index (χ4n) is 4.91. The van der Waals surface area contributed by atoms with Crippen LogP contribution in [-0.4, -0.2) is 40.9 Å². The average molecular weight is 474 g/mol. The summed E-state index contributed by atoms with van der Waals surface area (Å²) >= 11 is 1.63. The number of benzene rings is 3. The van der Waals surface area contributed by atoms with Gasteiger partial charge in [0.25, 0.3) is 0 Å². The van der Waals surface area contributed by atoms with Gasteiger partial charge < -0.3 is 19.8 Å². The summed E-state index contributed by atoms with van der Waals surface area (Å²) in [6.45, 7) is 5.34. The molecule has 0 amide bonds. The van der Waals surface area contributed by atoms with Gasteiger partial charge in [-0.05, 0) is 92.2 Å². The maximum atomic E-state index is 9.91. The third-order valence-corrected chi connectivity index (χ3v) is 7.78. The van der Waals surface area contributed by atoms with Crippen molar-refractivity contribution in [2.45, 2.75) is 38.6 Å². The Balaban J connectivity index is 1.48. The number of nitrogens with zero attached hydrogens (tertiary/aromatic N) is 1. The summed E-state index contributed by atoms with van der Waals surface area (Å²) in [4.78, 5) is 2.58. The number of hydrogen-bond donors (Lipinski definition) is 2. The molecule has 5 heteroatoms. The number of hydrogen-bond acceptors (Lipinski definition) is 5. The molecule has 34 heavy (non-hydrogen) atoms. The van der Waals surface area contributed by atoms with Gasteiger partial charge in [-0.3, -0.25) is 0 Å². The Bertz CT molecular complexity index is 1260. The van der Waals surface area contributed by atoms with E-state index >= 15 is 0 Å². The molecule has 0 bridgehead atoms. The van der Waals surface area contributed by atoms with Crippen LogP contribution in [0.15, 0.2) is 66.0 Å². The summed E-state index contributed by atoms with van der Waals surface area (Å²) in [5.41, 5.74) is 4.24. The molecule has 4 nitrogen and oxygen atoms in total. The molecule has 0 saturated carbocycles. The highest BCUT2D eigenvalue weighted by Crippen LogP contribution is 2.44. The van der Waals surface area contributed by atoms with Gasteiger partial charge in [0.2, 0.25) is 0 Å². The molecule has 4 aromatic rings. The molecule has 1 aromatic heterocycles. The lowest BCUT2D eigenvalue weighted by atomic mass is 9.93. The summed E-state index contributed by atoms with van der Waals surface area (Å²) in [6.07, 6.45) is 4.93. The Morgan fingerprint density at radius 1 is 0.912 bits per heavy atom. The molecule has 5 rings (SSSR count). The van der Waals surface area contributed by atoms with Crippen molar-refractivity contribution in [1.29, 1.82) is 0 Å². The fourth-order valence-corrected chi connectivity index (χ4v) is 5.90. The minimum atomic E-state index is 0.246. The topological polar surface area (TPSA) is 52.9 Å². The molecular weight excluding hydrogens is 442 g/mol. The number of aromatic hydroxyl groups is 2. The first-order chi connectivity index (χ1) is 16.6. The molecule has 1 aliphatic heterocycles. The van der Waals surface area contributed by atoms with Crippen molar-refractivity contribution in [3.8, 4) is 39.5 Å². The van der Waals surface area contributed by atoms with E-state index in [9.17, 15) is 10.2 Å². The van der Waals surface area contributed by atoms with Crippen LogP contribution < -0.4 is 4.74 Å². The third kappa shape index (κ3) is 4.77. The molecule has 3 aromatic carbocycles. The van der Waals surface area contributed by atoms with Gasteiger partial charge in [0, 0.05) is 27.3 Å². The highest BCUT2D eigenvalue weighted by Gasteiger charge is 2.19. The summed E-state index contributed by atoms with van der Waals surface area (Å²) in [6, 6.07) is 19.6. The van der Waals surface area contributed by atoms with Crippen LogP contribution in [-0.2, 0) is 0 Å². The number of piperidine rings is 1. The van der Waals surface area contributed by atoms with Gasteiger partial charge >= 0.3 is 0 Å². The summed E-state index contributed by atoms with van der Waals surface area (Å²) < 4.78 is 7.48. The largest absolute Gasteiger partial charge is 0.508 e. The summed E-state index contributed by atoms with van der Waals surface area (Å²) in [7, 11) is 0. The first-order valence-electron chi connectivity index (χ1n) is 12.1. The molecule has 0 radical (unpaired) electrons. The van der Waals surface area contributed by atoms with Crippen LogP contribution >= 0.6 is 11.3 Å². The van der Waals surface area contributed by atoms with Gasteiger partial charge in [-0.1, -0.05) is 30.7 Å². The van der Waals surface area contributed by atoms with E-state index in [0.29, 0.717) is 12.6 Å². The first-order valence-corrected chi connectivity index (χ1v) is 13.0. The predicted molar refractivity (Wildman–Crippen MR) is 141 cm³/mol. The van der Waals surface area contributed by atoms with Crippen molar-refractivity contribution in [3.05, 3.63) is 66.0 Å². The van der Waals surface area contributed by atoms with Crippen molar-refractivity contribution in [3.63, 3.8) is 0 Å². The van der Waals surface area contributed by atoms with Gasteiger partial charge in [-0.2, -0.15) is 0 Å². The van der Waals surface area contributed by atoms with Gasteiger partial charge in [-0.25, -0.2) is 0 Å². The normalized spacial score (nSPS) is 15.4. The minimum absolute atomic E-state index is 0.246. The molecule has 2 heterocycles. The number of phenols is 2. The number of fused-ring (bicyclic) bond motifs is 1. The molecule has 0 aliphatic carbocycles. The van der Waals surface area contributed by atoms with E-state index in [1.54, 1.807) is 29.5 Å². The molecule has 0 spiro atoms. The van der Waals surface area contributed by atoms with Crippen LogP contribution in [0.2, 0.25) is 0 Å². The lowest BCUT2D eigenvalue weighted by Gasteiger charge is -2.32. The molecule has 1 unspecified atom stereocenters. The maximum absolute atomic E-state index is 9.91. The molecule has 1 saturated heterocycles. The van der Waals surface area contributed by atoms with Gasteiger partial charge in [-0.15, -0.1) is 11.3 Å². The van der Waals surface area contributed by atoms with E-state index in [2.05, 4.69) is 23.3 Å². The zero-order valence-corrected chi connectivity index (χ0v) is 20.4. The van der Waals surface area contributed by atoms with E-state index < -0.39 is 0 Å². The second kappa shape index (κ2) is 10.1. The van der Waals surface area contributed by atoms with Crippen LogP contribution in [0.1, 0.15) is 32.6 Å². The number of rotatable bonds is 7. The highest BCUT2D eigenvalue weighted by molar-refractivity contribution is 7.17. The van der Waals surface area contributed by atoms with Crippen LogP contribution in [0.4, 0.5) is 0 Å². The van der Waals surface area contributed by atoms with Crippen molar-refractivity contribution in [2.75, 3.05) is 19.7 Å². The first kappa shape index (κ1) is 22.8. The maximum Gasteiger partial charge on any atom is 0.127 e. The molecule has 1 atom stereocenters. The van der Waals surface area contributed by atoms with Crippen LogP contribution in [0.3, 0.4) is 0 Å². The quantitative estimate of drug-likeness (QED) is 0.296. The standard InChI is InChI=1S/C29H31NO3S/c1-20(30-15-3-2-4-16-30)14-17-33-27-7-5-6-25(29(27)21-8-10-22(31)11-9-21)26-19-34-28-18-23(32)12-13-24(26)28/h5-13,18-20,31-32H,2-4,14-17H2,1H3. The van der Waals surface area contributed by atoms with Crippen molar-refractivity contribution >= 4 is 21.4 Å².